The van der Waals surface area contributed by atoms with Crippen LogP contribution in [0, 0.1) is 6.92 Å². The molecule has 1 fully saturated rings. The van der Waals surface area contributed by atoms with Crippen LogP contribution in [0.5, 0.6) is 11.5 Å². The van der Waals surface area contributed by atoms with Crippen LogP contribution < -0.4 is 9.47 Å². The summed E-state index contributed by atoms with van der Waals surface area (Å²) in [6, 6.07) is 11.8. The lowest BCUT2D eigenvalue weighted by Gasteiger charge is -2.37. The van der Waals surface area contributed by atoms with Crippen LogP contribution in [0.15, 0.2) is 47.4 Å². The second-order valence-electron chi connectivity index (χ2n) is 7.73. The average Bonchev–Trinajstić information content (AvgIpc) is 2.77. The van der Waals surface area contributed by atoms with E-state index in [4.69, 9.17) is 9.47 Å². The monoisotopic (exact) mass is 444 g/mol. The highest BCUT2D eigenvalue weighted by Gasteiger charge is 2.33. The van der Waals surface area contributed by atoms with Gasteiger partial charge in [-0.2, -0.15) is 0 Å². The molecule has 2 aromatic carbocycles. The van der Waals surface area contributed by atoms with Crippen molar-refractivity contribution in [3.8, 4) is 11.5 Å². The zero-order valence-electron chi connectivity index (χ0n) is 17.4. The van der Waals surface area contributed by atoms with Gasteiger partial charge in [-0.25, -0.2) is 8.42 Å². The number of carbonyl (C=O) groups is 2. The van der Waals surface area contributed by atoms with Crippen LogP contribution in [0.25, 0.3) is 0 Å². The van der Waals surface area contributed by atoms with Crippen molar-refractivity contribution in [2.45, 2.75) is 17.9 Å². The lowest BCUT2D eigenvalue weighted by molar-refractivity contribution is -0.142. The fourth-order valence-corrected chi connectivity index (χ4v) is 4.35. The van der Waals surface area contributed by atoms with Gasteiger partial charge in [0.05, 0.1) is 4.90 Å². The van der Waals surface area contributed by atoms with E-state index in [9.17, 15) is 18.0 Å². The van der Waals surface area contributed by atoms with Crippen molar-refractivity contribution in [1.29, 1.82) is 0 Å². The highest BCUT2D eigenvalue weighted by molar-refractivity contribution is 7.90. The molecule has 0 N–H and O–H groups in total. The first-order valence-electron chi connectivity index (χ1n) is 10.0. The summed E-state index contributed by atoms with van der Waals surface area (Å²) in [4.78, 5) is 29.3. The Morgan fingerprint density at radius 2 is 1.61 bits per heavy atom. The number of para-hydroxylation sites is 2. The molecule has 4 rings (SSSR count). The third-order valence-electron chi connectivity index (χ3n) is 5.53. The molecule has 2 aliphatic heterocycles. The van der Waals surface area contributed by atoms with Gasteiger partial charge in [0.2, 0.25) is 6.10 Å². The topological polar surface area (TPSA) is 93.2 Å². The number of benzene rings is 2. The van der Waals surface area contributed by atoms with Crippen molar-refractivity contribution in [2.24, 2.45) is 0 Å². The van der Waals surface area contributed by atoms with Crippen molar-refractivity contribution < 1.29 is 27.5 Å². The molecule has 2 aromatic rings. The second kappa shape index (κ2) is 8.22. The molecule has 9 heteroatoms. The standard InChI is InChI=1S/C22H24N2O6S/c1-15-7-8-16(31(2,27)28)13-17(15)21(25)23-9-11-24(12-10-23)22(26)20-14-29-18-5-3-4-6-19(18)30-20/h3-8,13,20H,9-12,14H2,1-2H3/t20-/m1/s1. The summed E-state index contributed by atoms with van der Waals surface area (Å²) in [6.45, 7) is 3.38. The van der Waals surface area contributed by atoms with Crippen molar-refractivity contribution in [2.75, 3.05) is 39.0 Å². The second-order valence-corrected chi connectivity index (χ2v) is 9.75. The summed E-state index contributed by atoms with van der Waals surface area (Å²) in [5.41, 5.74) is 1.07. The highest BCUT2D eigenvalue weighted by atomic mass is 32.2. The first-order valence-corrected chi connectivity index (χ1v) is 11.9. The number of aryl methyl sites for hydroxylation is 1. The fourth-order valence-electron chi connectivity index (χ4n) is 3.71. The third kappa shape index (κ3) is 4.36. The van der Waals surface area contributed by atoms with Crippen LogP contribution in [0.4, 0.5) is 0 Å². The molecule has 2 heterocycles. The molecule has 2 aliphatic rings. The maximum atomic E-state index is 13.0. The van der Waals surface area contributed by atoms with Crippen LogP contribution in [-0.2, 0) is 14.6 Å². The fraction of sp³-hybridized carbons (Fsp3) is 0.364. The van der Waals surface area contributed by atoms with Gasteiger partial charge in [0.15, 0.2) is 21.3 Å². The van der Waals surface area contributed by atoms with E-state index < -0.39 is 15.9 Å². The van der Waals surface area contributed by atoms with Crippen LogP contribution in [0.2, 0.25) is 0 Å². The zero-order valence-corrected chi connectivity index (χ0v) is 18.2. The Labute approximate surface area is 181 Å². The van der Waals surface area contributed by atoms with Crippen LogP contribution >= 0.6 is 0 Å². The predicted molar refractivity (Wildman–Crippen MR) is 113 cm³/mol. The molecule has 2 amide bonds. The van der Waals surface area contributed by atoms with Gasteiger partial charge < -0.3 is 19.3 Å². The number of hydrogen-bond acceptors (Lipinski definition) is 6. The minimum absolute atomic E-state index is 0.116. The SMILES string of the molecule is Cc1ccc(S(C)(=O)=O)cc1C(=O)N1CCN(C(=O)[C@H]2COc3ccccc3O2)CC1. The Morgan fingerprint density at radius 3 is 2.29 bits per heavy atom. The number of fused-ring (bicyclic) bond motifs is 1. The predicted octanol–water partition coefficient (Wildman–Crippen LogP) is 1.52. The molecule has 0 unspecified atom stereocenters. The molecule has 0 spiro atoms. The molecule has 31 heavy (non-hydrogen) atoms. The average molecular weight is 445 g/mol. The van der Waals surface area contributed by atoms with Crippen LogP contribution in [0.1, 0.15) is 15.9 Å². The normalized spacial score (nSPS) is 18.6. The van der Waals surface area contributed by atoms with E-state index in [2.05, 4.69) is 0 Å². The number of sulfone groups is 1. The van der Waals surface area contributed by atoms with E-state index in [1.807, 2.05) is 12.1 Å². The van der Waals surface area contributed by atoms with E-state index in [0.29, 0.717) is 48.8 Å². The third-order valence-corrected chi connectivity index (χ3v) is 6.64. The Morgan fingerprint density at radius 1 is 0.968 bits per heavy atom. The van der Waals surface area contributed by atoms with Gasteiger partial charge in [0.1, 0.15) is 6.61 Å². The first-order chi connectivity index (χ1) is 14.7. The first kappa shape index (κ1) is 21.2. The molecule has 0 bridgehead atoms. The maximum absolute atomic E-state index is 13.0. The number of rotatable bonds is 3. The Balaban J connectivity index is 1.40. The molecular formula is C22H24N2O6S. The van der Waals surface area contributed by atoms with E-state index in [-0.39, 0.29) is 23.3 Å². The summed E-state index contributed by atoms with van der Waals surface area (Å²) in [5.74, 6) is 0.758. The quantitative estimate of drug-likeness (QED) is 0.713. The Kier molecular flexibility index (Phi) is 5.62. The minimum Gasteiger partial charge on any atom is -0.485 e. The molecule has 0 aliphatic carbocycles. The molecular weight excluding hydrogens is 420 g/mol. The Hall–Kier alpha value is -3.07. The number of ether oxygens (including phenoxy) is 2. The van der Waals surface area contributed by atoms with Crippen LogP contribution in [0.3, 0.4) is 0 Å². The maximum Gasteiger partial charge on any atom is 0.267 e. The molecule has 0 radical (unpaired) electrons. The summed E-state index contributed by atoms with van der Waals surface area (Å²) >= 11 is 0. The van der Waals surface area contributed by atoms with E-state index in [1.54, 1.807) is 34.9 Å². The van der Waals surface area contributed by atoms with Crippen molar-refractivity contribution >= 4 is 21.7 Å². The summed E-state index contributed by atoms with van der Waals surface area (Å²) < 4.78 is 35.1. The zero-order chi connectivity index (χ0) is 22.2. The summed E-state index contributed by atoms with van der Waals surface area (Å²) in [5, 5.41) is 0. The minimum atomic E-state index is -3.41. The molecule has 0 aromatic heterocycles. The lowest BCUT2D eigenvalue weighted by Crippen LogP contribution is -2.55. The lowest BCUT2D eigenvalue weighted by atomic mass is 10.1. The number of amides is 2. The van der Waals surface area contributed by atoms with Gasteiger partial charge >= 0.3 is 0 Å². The molecule has 0 saturated carbocycles. The molecule has 164 valence electrons. The summed E-state index contributed by atoms with van der Waals surface area (Å²) in [6.07, 6.45) is 0.400. The van der Waals surface area contributed by atoms with Crippen molar-refractivity contribution in [1.82, 2.24) is 9.80 Å². The number of nitrogens with zero attached hydrogens (tertiary/aromatic N) is 2. The largest absolute Gasteiger partial charge is 0.485 e. The van der Waals surface area contributed by atoms with Gasteiger partial charge in [-0.3, -0.25) is 9.59 Å². The van der Waals surface area contributed by atoms with Gasteiger partial charge in [0.25, 0.3) is 11.8 Å². The van der Waals surface area contributed by atoms with Crippen molar-refractivity contribution in [3.63, 3.8) is 0 Å². The number of carbonyl (C=O) groups excluding carboxylic acids is 2. The molecule has 1 saturated heterocycles. The smallest absolute Gasteiger partial charge is 0.267 e. The molecule has 8 nitrogen and oxygen atoms in total. The van der Waals surface area contributed by atoms with E-state index in [1.165, 1.54) is 12.1 Å². The van der Waals surface area contributed by atoms with Gasteiger partial charge in [0, 0.05) is 38.0 Å². The number of hydrogen-bond donors (Lipinski definition) is 0. The van der Waals surface area contributed by atoms with E-state index >= 15 is 0 Å². The highest BCUT2D eigenvalue weighted by Crippen LogP contribution is 2.31. The number of piperazine rings is 1. The van der Waals surface area contributed by atoms with E-state index in [0.717, 1.165) is 6.26 Å². The van der Waals surface area contributed by atoms with Crippen molar-refractivity contribution in [3.05, 3.63) is 53.6 Å². The van der Waals surface area contributed by atoms with Crippen LogP contribution in [-0.4, -0.2) is 75.2 Å². The van der Waals surface area contributed by atoms with Gasteiger partial charge in [-0.1, -0.05) is 18.2 Å². The summed E-state index contributed by atoms with van der Waals surface area (Å²) in [7, 11) is -3.41. The van der Waals surface area contributed by atoms with Gasteiger partial charge in [-0.15, -0.1) is 0 Å². The van der Waals surface area contributed by atoms with Gasteiger partial charge in [-0.05, 0) is 36.8 Å². The Bertz CT molecular complexity index is 1120. The molecule has 1 atom stereocenters.